The van der Waals surface area contributed by atoms with Crippen molar-refractivity contribution in [1.82, 2.24) is 0 Å². The molecule has 0 radical (unpaired) electrons. The lowest BCUT2D eigenvalue weighted by Gasteiger charge is -1.97. The minimum atomic E-state index is -3.10. The van der Waals surface area contributed by atoms with Crippen molar-refractivity contribution in [2.24, 2.45) is 0 Å². The first kappa shape index (κ1) is 15.3. The van der Waals surface area contributed by atoms with E-state index in [1.54, 1.807) is 12.2 Å². The summed E-state index contributed by atoms with van der Waals surface area (Å²) >= 11 is 0. The molecule has 0 saturated heterocycles. The Morgan fingerprint density at radius 1 is 0.667 bits per heavy atom. The molecule has 108 valence electrons. The maximum Gasteiger partial charge on any atom is 0.157 e. The zero-order valence-electron chi connectivity index (χ0n) is 11.7. The van der Waals surface area contributed by atoms with Crippen LogP contribution in [0.5, 0.6) is 0 Å². The smallest absolute Gasteiger partial charge is 0.157 e. The van der Waals surface area contributed by atoms with Crippen LogP contribution in [0.2, 0.25) is 0 Å². The molecule has 0 aliphatic rings. The molecule has 0 amide bonds. The molecule has 0 spiro atoms. The van der Waals surface area contributed by atoms with E-state index < -0.39 is 9.84 Å². The highest BCUT2D eigenvalue weighted by Crippen LogP contribution is 2.04. The first-order chi connectivity index (χ1) is 10.2. The Morgan fingerprint density at radius 2 is 1.05 bits per heavy atom. The van der Waals surface area contributed by atoms with Crippen molar-refractivity contribution in [1.29, 1.82) is 0 Å². The van der Waals surface area contributed by atoms with Gasteiger partial charge in [0.1, 0.15) is 0 Å². The lowest BCUT2D eigenvalue weighted by Crippen LogP contribution is -2.07. The first-order valence-corrected chi connectivity index (χ1v) is 8.61. The van der Waals surface area contributed by atoms with Crippen LogP contribution in [-0.2, 0) is 9.84 Å². The predicted octanol–water partition coefficient (Wildman–Crippen LogP) is 3.83. The third-order valence-corrected chi connectivity index (χ3v) is 4.32. The Balaban J connectivity index is 1.88. The lowest BCUT2D eigenvalue weighted by molar-refractivity contribution is 0.602. The molecule has 0 saturated carbocycles. The summed E-state index contributed by atoms with van der Waals surface area (Å²) in [7, 11) is -3.10. The molecule has 3 heteroatoms. The van der Waals surface area contributed by atoms with E-state index in [-0.39, 0.29) is 11.5 Å². The molecule has 2 aromatic rings. The summed E-state index contributed by atoms with van der Waals surface area (Å²) in [5.74, 6) is 0.113. The molecular formula is C18H18O2S. The summed E-state index contributed by atoms with van der Waals surface area (Å²) < 4.78 is 23.8. The van der Waals surface area contributed by atoms with Gasteiger partial charge in [0.25, 0.3) is 0 Å². The highest BCUT2D eigenvalue weighted by Gasteiger charge is 2.05. The normalized spacial score (nSPS) is 12.2. The number of sulfone groups is 1. The van der Waals surface area contributed by atoms with Crippen LogP contribution in [-0.4, -0.2) is 19.9 Å². The minimum Gasteiger partial charge on any atom is -0.228 e. The molecule has 0 N–H and O–H groups in total. The molecule has 0 heterocycles. The van der Waals surface area contributed by atoms with Crippen molar-refractivity contribution in [2.45, 2.75) is 0 Å². The molecule has 2 nitrogen and oxygen atoms in total. The molecule has 0 aliphatic heterocycles. The van der Waals surface area contributed by atoms with Crippen LogP contribution in [0.15, 0.2) is 72.8 Å². The van der Waals surface area contributed by atoms with Gasteiger partial charge in [-0.15, -0.1) is 0 Å². The Hall–Kier alpha value is -2.13. The third kappa shape index (κ3) is 5.79. The fourth-order valence-electron chi connectivity index (χ4n) is 1.86. The van der Waals surface area contributed by atoms with Gasteiger partial charge in [-0.25, -0.2) is 8.42 Å². The number of rotatable bonds is 6. The molecule has 2 aromatic carbocycles. The Labute approximate surface area is 126 Å². The van der Waals surface area contributed by atoms with Gasteiger partial charge in [0.05, 0.1) is 11.5 Å². The monoisotopic (exact) mass is 298 g/mol. The number of hydrogen-bond acceptors (Lipinski definition) is 2. The second-order valence-corrected chi connectivity index (χ2v) is 6.86. The molecule has 0 bridgehead atoms. The quantitative estimate of drug-likeness (QED) is 0.812. The maximum atomic E-state index is 11.9. The molecule has 0 fully saturated rings. The van der Waals surface area contributed by atoms with Crippen LogP contribution in [0.4, 0.5) is 0 Å². The standard InChI is InChI=1S/C18H18O2S/c19-21(20,15-7-13-17-9-3-1-4-10-17)16-8-14-18-11-5-2-6-12-18/h1-14H,15-16H2/b13-7+,14-8+. The van der Waals surface area contributed by atoms with E-state index in [1.165, 1.54) is 0 Å². The summed E-state index contributed by atoms with van der Waals surface area (Å²) in [6, 6.07) is 19.3. The maximum absolute atomic E-state index is 11.9. The molecule has 0 unspecified atom stereocenters. The summed E-state index contributed by atoms with van der Waals surface area (Å²) in [6.45, 7) is 0. The second kappa shape index (κ2) is 7.60. The van der Waals surface area contributed by atoms with E-state index in [0.717, 1.165) is 11.1 Å². The summed E-state index contributed by atoms with van der Waals surface area (Å²) in [6.07, 6.45) is 7.05. The minimum absolute atomic E-state index is 0.0566. The van der Waals surface area contributed by atoms with Gasteiger partial charge in [0, 0.05) is 0 Å². The van der Waals surface area contributed by atoms with Crippen LogP contribution in [0.25, 0.3) is 12.2 Å². The highest BCUT2D eigenvalue weighted by atomic mass is 32.2. The number of benzene rings is 2. The lowest BCUT2D eigenvalue weighted by atomic mass is 10.2. The van der Waals surface area contributed by atoms with Gasteiger partial charge < -0.3 is 0 Å². The van der Waals surface area contributed by atoms with E-state index in [0.29, 0.717) is 0 Å². The predicted molar refractivity (Wildman–Crippen MR) is 89.6 cm³/mol. The van der Waals surface area contributed by atoms with Gasteiger partial charge in [-0.05, 0) is 11.1 Å². The fraction of sp³-hybridized carbons (Fsp3) is 0.111. The van der Waals surface area contributed by atoms with Crippen molar-refractivity contribution in [2.75, 3.05) is 11.5 Å². The van der Waals surface area contributed by atoms with E-state index in [2.05, 4.69) is 0 Å². The van der Waals surface area contributed by atoms with Gasteiger partial charge in [0.2, 0.25) is 0 Å². The van der Waals surface area contributed by atoms with Crippen LogP contribution in [0.3, 0.4) is 0 Å². The Morgan fingerprint density at radius 3 is 1.43 bits per heavy atom. The van der Waals surface area contributed by atoms with E-state index in [4.69, 9.17) is 0 Å². The van der Waals surface area contributed by atoms with Crippen molar-refractivity contribution in [3.63, 3.8) is 0 Å². The summed E-state index contributed by atoms with van der Waals surface area (Å²) in [4.78, 5) is 0. The zero-order chi connectivity index (χ0) is 15.0. The topological polar surface area (TPSA) is 34.1 Å². The third-order valence-electron chi connectivity index (χ3n) is 2.92. The molecule has 2 rings (SSSR count). The zero-order valence-corrected chi connectivity index (χ0v) is 12.5. The van der Waals surface area contributed by atoms with Crippen molar-refractivity contribution >= 4 is 22.0 Å². The molecule has 0 aliphatic carbocycles. The second-order valence-electron chi connectivity index (χ2n) is 4.70. The molecule has 0 atom stereocenters. The van der Waals surface area contributed by atoms with E-state index >= 15 is 0 Å². The molecule has 21 heavy (non-hydrogen) atoms. The average Bonchev–Trinajstić information content (AvgIpc) is 2.49. The van der Waals surface area contributed by atoms with Crippen molar-refractivity contribution in [3.05, 3.63) is 83.9 Å². The summed E-state index contributed by atoms with van der Waals surface area (Å²) in [5.41, 5.74) is 2.01. The van der Waals surface area contributed by atoms with Crippen LogP contribution in [0.1, 0.15) is 11.1 Å². The highest BCUT2D eigenvalue weighted by molar-refractivity contribution is 7.91. The van der Waals surface area contributed by atoms with Crippen molar-refractivity contribution < 1.29 is 8.42 Å². The van der Waals surface area contributed by atoms with Gasteiger partial charge in [-0.2, -0.15) is 0 Å². The largest absolute Gasteiger partial charge is 0.228 e. The SMILES string of the molecule is O=S(=O)(C/C=C/c1ccccc1)C/C=C/c1ccccc1. The Bertz CT molecular complexity index is 642. The molecular weight excluding hydrogens is 280 g/mol. The van der Waals surface area contributed by atoms with Crippen LogP contribution in [0, 0.1) is 0 Å². The van der Waals surface area contributed by atoms with E-state index in [9.17, 15) is 8.42 Å². The van der Waals surface area contributed by atoms with Crippen LogP contribution < -0.4 is 0 Å². The first-order valence-electron chi connectivity index (χ1n) is 6.79. The fourth-order valence-corrected chi connectivity index (χ4v) is 2.77. The van der Waals surface area contributed by atoms with Crippen molar-refractivity contribution in [3.8, 4) is 0 Å². The molecule has 0 aromatic heterocycles. The van der Waals surface area contributed by atoms with E-state index in [1.807, 2.05) is 72.8 Å². The number of hydrogen-bond donors (Lipinski definition) is 0. The van der Waals surface area contributed by atoms with Crippen LogP contribution >= 0.6 is 0 Å². The Kier molecular flexibility index (Phi) is 5.52. The van der Waals surface area contributed by atoms with Gasteiger partial charge in [-0.1, -0.05) is 85.0 Å². The summed E-state index contributed by atoms with van der Waals surface area (Å²) in [5, 5.41) is 0. The van der Waals surface area contributed by atoms with Gasteiger partial charge in [-0.3, -0.25) is 0 Å². The average molecular weight is 298 g/mol. The van der Waals surface area contributed by atoms with Gasteiger partial charge in [0.15, 0.2) is 9.84 Å². The van der Waals surface area contributed by atoms with Gasteiger partial charge >= 0.3 is 0 Å².